The number of piperidine rings is 1. The molecule has 2 atom stereocenters. The summed E-state index contributed by atoms with van der Waals surface area (Å²) in [6.07, 6.45) is 1.35. The Bertz CT molecular complexity index is 1560. The number of carbonyl (C=O) groups is 1. The second kappa shape index (κ2) is 14.6. The van der Waals surface area contributed by atoms with Crippen LogP contribution in [0, 0.1) is 6.92 Å². The molecule has 44 heavy (non-hydrogen) atoms. The molecular weight excluding hydrogens is 570 g/mol. The first-order valence-corrected chi connectivity index (χ1v) is 16.7. The minimum Gasteiger partial charge on any atom is -0.465 e. The van der Waals surface area contributed by atoms with Crippen LogP contribution in [0.25, 0.3) is 0 Å². The zero-order valence-corrected chi connectivity index (χ0v) is 26.0. The standard InChI is InChI=1S/C36H41N3O4S/c1-29-14-11-12-22-35(29)44(42,43)39(32-19-9-4-10-20-32)34-23-25-38(36(40)41)33(26-34)21-13-24-37(27-30-15-5-2-6-16-30)28-31-17-7-3-8-18-31/h2-12,14-20,22,33-34H,13,21,23-28H2,1H3,(H,40,41)/t33-,34-/m0/s1. The Balaban J connectivity index is 1.35. The van der Waals surface area contributed by atoms with E-state index in [-0.39, 0.29) is 23.5 Å². The highest BCUT2D eigenvalue weighted by atomic mass is 32.2. The first kappa shape index (κ1) is 31.3. The van der Waals surface area contributed by atoms with Crippen LogP contribution in [0.5, 0.6) is 0 Å². The van der Waals surface area contributed by atoms with Crippen LogP contribution < -0.4 is 4.31 Å². The number of para-hydroxylation sites is 1. The number of aryl methyl sites for hydroxylation is 1. The Kier molecular flexibility index (Phi) is 10.4. The van der Waals surface area contributed by atoms with Gasteiger partial charge in [0.2, 0.25) is 0 Å². The molecule has 8 heteroatoms. The van der Waals surface area contributed by atoms with E-state index in [1.165, 1.54) is 16.0 Å². The molecule has 5 rings (SSSR count). The molecule has 1 amide bonds. The summed E-state index contributed by atoms with van der Waals surface area (Å²) in [5.74, 6) is 0. The maximum absolute atomic E-state index is 14.2. The van der Waals surface area contributed by atoms with Gasteiger partial charge in [0.15, 0.2) is 0 Å². The van der Waals surface area contributed by atoms with E-state index in [1.54, 1.807) is 16.4 Å². The van der Waals surface area contributed by atoms with Gasteiger partial charge in [-0.1, -0.05) is 97.1 Å². The maximum Gasteiger partial charge on any atom is 0.407 e. The third kappa shape index (κ3) is 7.68. The van der Waals surface area contributed by atoms with Crippen LogP contribution in [0.3, 0.4) is 0 Å². The van der Waals surface area contributed by atoms with E-state index in [0.29, 0.717) is 30.5 Å². The van der Waals surface area contributed by atoms with Crippen molar-refractivity contribution in [1.82, 2.24) is 9.80 Å². The van der Waals surface area contributed by atoms with Crippen LogP contribution in [0.15, 0.2) is 120 Å². The molecule has 0 aromatic heterocycles. The number of likely N-dealkylation sites (tertiary alicyclic amines) is 1. The minimum absolute atomic E-state index is 0.276. The Hall–Kier alpha value is -4.14. The number of benzene rings is 4. The van der Waals surface area contributed by atoms with Gasteiger partial charge in [0, 0.05) is 31.7 Å². The normalized spacial score (nSPS) is 17.0. The fourth-order valence-electron chi connectivity index (χ4n) is 6.29. The van der Waals surface area contributed by atoms with Crippen molar-refractivity contribution < 1.29 is 18.3 Å². The molecule has 7 nitrogen and oxygen atoms in total. The van der Waals surface area contributed by atoms with Gasteiger partial charge >= 0.3 is 6.09 Å². The van der Waals surface area contributed by atoms with E-state index >= 15 is 0 Å². The summed E-state index contributed by atoms with van der Waals surface area (Å²) in [6, 6.07) is 36.3. The highest BCUT2D eigenvalue weighted by Gasteiger charge is 2.39. The summed E-state index contributed by atoms with van der Waals surface area (Å²) >= 11 is 0. The lowest BCUT2D eigenvalue weighted by molar-refractivity contribution is 0.0957. The number of rotatable bonds is 12. The molecule has 1 N–H and O–H groups in total. The van der Waals surface area contributed by atoms with Gasteiger partial charge in [-0.05, 0) is 74.0 Å². The van der Waals surface area contributed by atoms with Gasteiger partial charge in [-0.15, -0.1) is 0 Å². The molecule has 0 saturated carbocycles. The smallest absolute Gasteiger partial charge is 0.407 e. The molecule has 1 saturated heterocycles. The largest absolute Gasteiger partial charge is 0.465 e. The number of carboxylic acid groups (broad SMARTS) is 1. The molecule has 1 aliphatic heterocycles. The summed E-state index contributed by atoms with van der Waals surface area (Å²) in [7, 11) is -3.89. The van der Waals surface area contributed by atoms with Crippen molar-refractivity contribution in [3.8, 4) is 0 Å². The van der Waals surface area contributed by atoms with Crippen LogP contribution in [0.1, 0.15) is 42.4 Å². The molecule has 0 aliphatic carbocycles. The van der Waals surface area contributed by atoms with Crippen LogP contribution in [0.4, 0.5) is 10.5 Å². The molecule has 1 fully saturated rings. The molecule has 0 unspecified atom stereocenters. The first-order chi connectivity index (χ1) is 21.3. The molecule has 230 valence electrons. The van der Waals surface area contributed by atoms with Gasteiger partial charge in [-0.25, -0.2) is 13.2 Å². The number of amides is 1. The highest BCUT2D eigenvalue weighted by Crippen LogP contribution is 2.34. The molecular formula is C36H41N3O4S. The van der Waals surface area contributed by atoms with Crippen molar-refractivity contribution in [1.29, 1.82) is 0 Å². The summed E-state index contributed by atoms with van der Waals surface area (Å²) in [6.45, 7) is 4.48. The average molecular weight is 612 g/mol. The van der Waals surface area contributed by atoms with Gasteiger partial charge in [0.25, 0.3) is 10.0 Å². The third-order valence-corrected chi connectivity index (χ3v) is 10.5. The van der Waals surface area contributed by atoms with Crippen LogP contribution in [-0.4, -0.2) is 54.6 Å². The Labute approximate surface area is 261 Å². The van der Waals surface area contributed by atoms with Crippen molar-refractivity contribution >= 4 is 21.8 Å². The number of nitrogens with zero attached hydrogens (tertiary/aromatic N) is 3. The molecule has 0 spiro atoms. The zero-order valence-electron chi connectivity index (χ0n) is 25.2. The number of hydrogen-bond donors (Lipinski definition) is 1. The van der Waals surface area contributed by atoms with Gasteiger partial charge in [0.1, 0.15) is 0 Å². The number of hydrogen-bond acceptors (Lipinski definition) is 4. The average Bonchev–Trinajstić information content (AvgIpc) is 3.02. The molecule has 4 aromatic rings. The van der Waals surface area contributed by atoms with Crippen LogP contribution in [0.2, 0.25) is 0 Å². The van der Waals surface area contributed by atoms with Crippen molar-refractivity contribution in [2.75, 3.05) is 17.4 Å². The van der Waals surface area contributed by atoms with Crippen molar-refractivity contribution in [2.45, 2.75) is 62.7 Å². The molecule has 4 aromatic carbocycles. The van der Waals surface area contributed by atoms with Gasteiger partial charge < -0.3 is 10.0 Å². The van der Waals surface area contributed by atoms with E-state index in [9.17, 15) is 18.3 Å². The van der Waals surface area contributed by atoms with Crippen molar-refractivity contribution in [3.05, 3.63) is 132 Å². The Morgan fingerprint density at radius 1 is 0.818 bits per heavy atom. The topological polar surface area (TPSA) is 81.2 Å². The lowest BCUT2D eigenvalue weighted by Gasteiger charge is -2.43. The predicted octanol–water partition coefficient (Wildman–Crippen LogP) is 7.18. The van der Waals surface area contributed by atoms with Gasteiger partial charge in [-0.3, -0.25) is 9.21 Å². The van der Waals surface area contributed by atoms with Crippen LogP contribution in [-0.2, 0) is 23.1 Å². The quantitative estimate of drug-likeness (QED) is 0.184. The SMILES string of the molecule is Cc1ccccc1S(=O)(=O)N(c1ccccc1)[C@H]1CCN(C(=O)O)[C@@H](CCCN(Cc2ccccc2)Cc2ccccc2)C1. The van der Waals surface area contributed by atoms with E-state index < -0.39 is 16.1 Å². The second-order valence-corrected chi connectivity index (χ2v) is 13.3. The third-order valence-electron chi connectivity index (χ3n) is 8.42. The highest BCUT2D eigenvalue weighted by molar-refractivity contribution is 7.93. The lowest BCUT2D eigenvalue weighted by atomic mass is 9.93. The molecule has 0 bridgehead atoms. The van der Waals surface area contributed by atoms with E-state index in [4.69, 9.17) is 0 Å². The number of anilines is 1. The van der Waals surface area contributed by atoms with E-state index in [2.05, 4.69) is 29.2 Å². The van der Waals surface area contributed by atoms with Crippen LogP contribution >= 0.6 is 0 Å². The molecule has 1 aliphatic rings. The maximum atomic E-state index is 14.2. The van der Waals surface area contributed by atoms with E-state index in [1.807, 2.05) is 85.8 Å². The van der Waals surface area contributed by atoms with Crippen molar-refractivity contribution in [3.63, 3.8) is 0 Å². The van der Waals surface area contributed by atoms with Gasteiger partial charge in [-0.2, -0.15) is 0 Å². The fourth-order valence-corrected chi connectivity index (χ4v) is 8.21. The fraction of sp³-hybridized carbons (Fsp3) is 0.306. The zero-order chi connectivity index (χ0) is 30.9. The second-order valence-electron chi connectivity index (χ2n) is 11.5. The molecule has 0 radical (unpaired) electrons. The summed E-state index contributed by atoms with van der Waals surface area (Å²) < 4.78 is 30.0. The Morgan fingerprint density at radius 3 is 1.93 bits per heavy atom. The monoisotopic (exact) mass is 611 g/mol. The minimum atomic E-state index is -3.89. The first-order valence-electron chi connectivity index (χ1n) is 15.3. The summed E-state index contributed by atoms with van der Waals surface area (Å²) in [4.78, 5) is 16.5. The number of sulfonamides is 1. The Morgan fingerprint density at radius 2 is 1.36 bits per heavy atom. The molecule has 1 heterocycles. The van der Waals surface area contributed by atoms with Crippen molar-refractivity contribution in [2.24, 2.45) is 0 Å². The van der Waals surface area contributed by atoms with Gasteiger partial charge in [0.05, 0.1) is 10.6 Å². The predicted molar refractivity (Wildman–Crippen MR) is 175 cm³/mol. The van der Waals surface area contributed by atoms with E-state index in [0.717, 1.165) is 26.1 Å². The summed E-state index contributed by atoms with van der Waals surface area (Å²) in [5, 5.41) is 10.1. The summed E-state index contributed by atoms with van der Waals surface area (Å²) in [5.41, 5.74) is 3.74. The lowest BCUT2D eigenvalue weighted by Crippen LogP contribution is -2.53.